The molecule has 1 aliphatic carbocycles. The van der Waals surface area contributed by atoms with E-state index in [9.17, 15) is 24.1 Å². The molecule has 0 bridgehead atoms. The summed E-state index contributed by atoms with van der Waals surface area (Å²) in [5, 5.41) is 11.1. The largest absolute Gasteiger partial charge is 0.531 e. The highest BCUT2D eigenvalue weighted by Crippen LogP contribution is 2.67. The van der Waals surface area contributed by atoms with Crippen LogP contribution in [0.4, 0.5) is 4.39 Å². The third kappa shape index (κ3) is 4.64. The minimum Gasteiger partial charge on any atom is -0.461 e. The van der Waals surface area contributed by atoms with Crippen molar-refractivity contribution >= 4 is 13.8 Å². The van der Waals surface area contributed by atoms with E-state index in [-0.39, 0.29) is 5.75 Å². The van der Waals surface area contributed by atoms with Gasteiger partial charge in [0.25, 0.3) is 5.56 Å². The number of para-hydroxylation sites is 1. The number of carbonyl (C=O) groups is 1. The number of aromatic nitrogens is 2. The van der Waals surface area contributed by atoms with Gasteiger partial charge in [-0.25, -0.2) is 18.5 Å². The average molecular weight is 528 g/mol. The lowest BCUT2D eigenvalue weighted by Gasteiger charge is -2.31. The van der Waals surface area contributed by atoms with Crippen LogP contribution in [-0.2, 0) is 27.9 Å². The number of esters is 1. The zero-order valence-electron chi connectivity index (χ0n) is 19.8. The summed E-state index contributed by atoms with van der Waals surface area (Å²) in [4.78, 5) is 37.7. The molecule has 2 fully saturated rings. The van der Waals surface area contributed by atoms with Gasteiger partial charge in [-0.1, -0.05) is 18.2 Å². The number of hydrogen-bond acceptors (Lipinski definition) is 10. The van der Waals surface area contributed by atoms with Gasteiger partial charge in [0, 0.05) is 12.3 Å². The molecular weight excluding hydrogens is 502 g/mol. The van der Waals surface area contributed by atoms with Crippen molar-refractivity contribution < 1.29 is 41.9 Å². The lowest BCUT2D eigenvalue weighted by Crippen LogP contribution is -2.48. The van der Waals surface area contributed by atoms with Crippen molar-refractivity contribution in [3.05, 3.63) is 63.4 Å². The Kier molecular flexibility index (Phi) is 6.73. The van der Waals surface area contributed by atoms with E-state index in [1.54, 1.807) is 32.0 Å². The maximum absolute atomic E-state index is 15.9. The maximum Gasteiger partial charge on any atom is 0.531 e. The summed E-state index contributed by atoms with van der Waals surface area (Å²) in [6, 6.07) is 8.75. The molecule has 14 heteroatoms. The van der Waals surface area contributed by atoms with Crippen molar-refractivity contribution in [2.75, 3.05) is 0 Å². The number of benzene rings is 1. The average Bonchev–Trinajstić information content (AvgIpc) is 3.27. The van der Waals surface area contributed by atoms with Crippen molar-refractivity contribution in [1.82, 2.24) is 9.55 Å². The number of H-pyrrole nitrogens is 1. The predicted molar refractivity (Wildman–Crippen MR) is 121 cm³/mol. The van der Waals surface area contributed by atoms with Crippen LogP contribution in [0, 0.1) is 0 Å². The predicted octanol–water partition coefficient (Wildman–Crippen LogP) is 1.84. The van der Waals surface area contributed by atoms with Crippen molar-refractivity contribution in [1.29, 1.82) is 0 Å². The number of aliphatic hydroxyl groups is 1. The van der Waals surface area contributed by atoms with Gasteiger partial charge in [0.2, 0.25) is 0 Å². The van der Waals surface area contributed by atoms with Gasteiger partial charge in [0.1, 0.15) is 18.0 Å². The fourth-order valence-corrected chi connectivity index (χ4v) is 5.51. The number of phosphoric ester groups is 1. The van der Waals surface area contributed by atoms with E-state index in [4.69, 9.17) is 23.0 Å². The third-order valence-electron chi connectivity index (χ3n) is 5.83. The quantitative estimate of drug-likeness (QED) is 0.364. The topological polar surface area (TPSA) is 155 Å². The molecule has 2 aromatic rings. The molecule has 12 nitrogen and oxygen atoms in total. The fraction of sp³-hybridized carbons (Fsp3) is 0.500. The SMILES string of the molecule is CC(C)OC(=O)[C@H](C)OP(=O)(Oc1ccccc1)OC1[C@H]2O[C@@H](n3ccc(=O)[nH]c3=O)[C@](C)(F)[C@@]12O. The molecule has 196 valence electrons. The van der Waals surface area contributed by atoms with E-state index in [1.165, 1.54) is 19.1 Å². The number of rotatable bonds is 9. The number of phosphoric acid groups is 1. The Morgan fingerprint density at radius 3 is 2.44 bits per heavy atom. The van der Waals surface area contributed by atoms with E-state index in [1.807, 2.05) is 4.98 Å². The molecule has 1 aromatic carbocycles. The lowest BCUT2D eigenvalue weighted by molar-refractivity contribution is -0.156. The highest BCUT2D eigenvalue weighted by Gasteiger charge is 2.85. The van der Waals surface area contributed by atoms with Crippen LogP contribution in [0.2, 0.25) is 0 Å². The Balaban J connectivity index is 1.57. The number of ether oxygens (including phenoxy) is 2. The molecule has 0 spiro atoms. The minimum absolute atomic E-state index is 0.0599. The van der Waals surface area contributed by atoms with E-state index in [0.717, 1.165) is 23.8 Å². The summed E-state index contributed by atoms with van der Waals surface area (Å²) in [6.07, 6.45) is -5.37. The van der Waals surface area contributed by atoms with Crippen LogP contribution in [0.3, 0.4) is 0 Å². The van der Waals surface area contributed by atoms with Gasteiger partial charge >= 0.3 is 19.5 Å². The number of nitrogens with zero attached hydrogens (tertiary/aromatic N) is 1. The first-order valence-corrected chi connectivity index (χ1v) is 12.5. The summed E-state index contributed by atoms with van der Waals surface area (Å²) in [5.41, 5.74) is -6.63. The van der Waals surface area contributed by atoms with Crippen molar-refractivity contribution in [3.8, 4) is 5.75 Å². The van der Waals surface area contributed by atoms with Crippen LogP contribution >= 0.6 is 7.82 Å². The molecule has 1 saturated carbocycles. The number of carbonyl (C=O) groups excluding carboxylic acids is 1. The molecule has 1 saturated heterocycles. The lowest BCUT2D eigenvalue weighted by atomic mass is 9.97. The summed E-state index contributed by atoms with van der Waals surface area (Å²) < 4.78 is 57.1. The van der Waals surface area contributed by atoms with Crippen LogP contribution in [0.5, 0.6) is 5.75 Å². The van der Waals surface area contributed by atoms with E-state index in [2.05, 4.69) is 0 Å². The highest BCUT2D eigenvalue weighted by molar-refractivity contribution is 7.49. The van der Waals surface area contributed by atoms with Gasteiger partial charge in [-0.15, -0.1) is 0 Å². The Bertz CT molecular complexity index is 1300. The van der Waals surface area contributed by atoms with Crippen LogP contribution in [0.25, 0.3) is 0 Å². The Hall–Kier alpha value is -2.83. The van der Waals surface area contributed by atoms with Gasteiger partial charge in [-0.05, 0) is 39.8 Å². The Labute approximate surface area is 204 Å². The molecular formula is C22H26FN2O10P. The number of nitrogens with one attached hydrogen (secondary N) is 1. The summed E-state index contributed by atoms with van der Waals surface area (Å²) in [6.45, 7) is 5.48. The first-order valence-electron chi connectivity index (χ1n) is 11.1. The monoisotopic (exact) mass is 528 g/mol. The molecule has 4 rings (SSSR count). The zero-order chi connectivity index (χ0) is 26.5. The standard InChI is InChI=1S/C22H26FN2O10P/c1-12(2)31-18(27)13(3)33-36(30,34-14-8-6-5-7-9-14)35-17-16-22(17,29)21(4,23)19(32-16)25-11-10-15(26)24-20(25)28/h5-13,16-17,19,29H,1-4H3,(H,24,26,28)/t13-,16+,17?,19+,21-,22-,36?/m0/s1. The van der Waals surface area contributed by atoms with Gasteiger partial charge in [0.15, 0.2) is 23.6 Å². The second kappa shape index (κ2) is 9.24. The zero-order valence-corrected chi connectivity index (χ0v) is 20.7. The molecule has 1 aliphatic heterocycles. The number of hydrogen-bond donors (Lipinski definition) is 2. The van der Waals surface area contributed by atoms with E-state index < -0.39 is 67.0 Å². The van der Waals surface area contributed by atoms with Crippen molar-refractivity contribution in [2.24, 2.45) is 0 Å². The summed E-state index contributed by atoms with van der Waals surface area (Å²) >= 11 is 0. The van der Waals surface area contributed by atoms with Crippen LogP contribution < -0.4 is 15.8 Å². The molecule has 36 heavy (non-hydrogen) atoms. The molecule has 2 unspecified atom stereocenters. The maximum atomic E-state index is 15.9. The molecule has 2 heterocycles. The van der Waals surface area contributed by atoms with E-state index in [0.29, 0.717) is 0 Å². The van der Waals surface area contributed by atoms with Crippen LogP contribution in [-0.4, -0.2) is 56.3 Å². The summed E-state index contributed by atoms with van der Waals surface area (Å²) in [5.74, 6) is -0.783. The first kappa shape index (κ1) is 26.2. The first-order chi connectivity index (χ1) is 16.8. The Morgan fingerprint density at radius 2 is 1.89 bits per heavy atom. The van der Waals surface area contributed by atoms with Gasteiger partial charge in [-0.2, -0.15) is 0 Å². The molecule has 0 amide bonds. The van der Waals surface area contributed by atoms with E-state index >= 15 is 4.39 Å². The highest BCUT2D eigenvalue weighted by atomic mass is 31.2. The number of halogens is 1. The third-order valence-corrected chi connectivity index (χ3v) is 7.33. The van der Waals surface area contributed by atoms with Gasteiger partial charge in [-0.3, -0.25) is 23.4 Å². The van der Waals surface area contributed by atoms with Crippen molar-refractivity contribution in [2.45, 2.75) is 69.6 Å². The fourth-order valence-electron chi connectivity index (χ4n) is 3.97. The smallest absolute Gasteiger partial charge is 0.461 e. The number of fused-ring (bicyclic) bond motifs is 1. The number of alkyl halides is 1. The Morgan fingerprint density at radius 1 is 1.22 bits per heavy atom. The number of aromatic amines is 1. The van der Waals surface area contributed by atoms with Crippen molar-refractivity contribution in [3.63, 3.8) is 0 Å². The molecule has 0 radical (unpaired) electrons. The normalized spacial score (nSPS) is 31.4. The molecule has 7 atom stereocenters. The van der Waals surface area contributed by atoms with Crippen LogP contribution in [0.15, 0.2) is 52.2 Å². The molecule has 2 aliphatic rings. The van der Waals surface area contributed by atoms with Gasteiger partial charge < -0.3 is 19.1 Å². The molecule has 1 aromatic heterocycles. The minimum atomic E-state index is -4.67. The second-order valence-electron chi connectivity index (χ2n) is 8.94. The van der Waals surface area contributed by atoms with Crippen LogP contribution in [0.1, 0.15) is 33.9 Å². The van der Waals surface area contributed by atoms with Gasteiger partial charge in [0.05, 0.1) is 6.10 Å². The second-order valence-corrected chi connectivity index (χ2v) is 10.4. The summed E-state index contributed by atoms with van der Waals surface area (Å²) in [7, 11) is -4.67. The molecule has 2 N–H and O–H groups in total.